The fourth-order valence-electron chi connectivity index (χ4n) is 3.59. The van der Waals surface area contributed by atoms with Crippen LogP contribution in [0.1, 0.15) is 37.7 Å². The van der Waals surface area contributed by atoms with Crippen molar-refractivity contribution in [3.63, 3.8) is 0 Å². The van der Waals surface area contributed by atoms with Crippen molar-refractivity contribution in [2.24, 2.45) is 0 Å². The molecule has 0 aliphatic carbocycles. The number of hydrogen-bond donors (Lipinski definition) is 2. The number of benzene rings is 1. The Kier molecular flexibility index (Phi) is 7.14. The van der Waals surface area contributed by atoms with Gasteiger partial charge in [-0.3, -0.25) is 0 Å². The molecule has 1 aromatic carbocycles. The molecular weight excluding hydrogens is 330 g/mol. The predicted molar refractivity (Wildman–Crippen MR) is 104 cm³/mol. The van der Waals surface area contributed by atoms with Gasteiger partial charge in [0.1, 0.15) is 0 Å². The van der Waals surface area contributed by atoms with Gasteiger partial charge in [0.25, 0.3) is 0 Å². The van der Waals surface area contributed by atoms with Crippen molar-refractivity contribution in [2.45, 2.75) is 45.1 Å². The quantitative estimate of drug-likeness (QED) is 0.698. The van der Waals surface area contributed by atoms with E-state index in [4.69, 9.17) is 9.47 Å². The third-order valence-corrected chi connectivity index (χ3v) is 4.98. The predicted octanol–water partition coefficient (Wildman–Crippen LogP) is 3.30. The van der Waals surface area contributed by atoms with Gasteiger partial charge in [0.2, 0.25) is 0 Å². The molecule has 144 valence electrons. The third-order valence-electron chi connectivity index (χ3n) is 4.98. The maximum Gasteiger partial charge on any atom is 0.319 e. The molecular formula is C20H31N3O3. The molecule has 2 heterocycles. The van der Waals surface area contributed by atoms with Crippen molar-refractivity contribution < 1.29 is 14.3 Å². The normalized spacial score (nSPS) is 19.7. The van der Waals surface area contributed by atoms with Crippen molar-refractivity contribution in [3.8, 4) is 0 Å². The number of nitrogens with one attached hydrogen (secondary N) is 2. The van der Waals surface area contributed by atoms with Crippen LogP contribution in [0.25, 0.3) is 0 Å². The Labute approximate surface area is 156 Å². The summed E-state index contributed by atoms with van der Waals surface area (Å²) in [4.78, 5) is 14.4. The smallest absolute Gasteiger partial charge is 0.319 e. The van der Waals surface area contributed by atoms with E-state index in [0.29, 0.717) is 19.8 Å². The van der Waals surface area contributed by atoms with Gasteiger partial charge in [-0.15, -0.1) is 0 Å². The zero-order valence-corrected chi connectivity index (χ0v) is 15.8. The molecule has 0 bridgehead atoms. The Balaban J connectivity index is 1.32. The minimum atomic E-state index is -0.169. The Morgan fingerprint density at radius 3 is 2.88 bits per heavy atom. The fraction of sp³-hybridized carbons (Fsp3) is 0.650. The van der Waals surface area contributed by atoms with E-state index in [2.05, 4.69) is 28.5 Å². The molecule has 0 radical (unpaired) electrons. The van der Waals surface area contributed by atoms with Crippen molar-refractivity contribution in [1.29, 1.82) is 0 Å². The highest BCUT2D eigenvalue weighted by Crippen LogP contribution is 2.26. The van der Waals surface area contributed by atoms with E-state index in [1.165, 1.54) is 24.1 Å². The van der Waals surface area contributed by atoms with E-state index >= 15 is 0 Å². The molecule has 2 aliphatic rings. The van der Waals surface area contributed by atoms with Crippen LogP contribution < -0.4 is 15.5 Å². The average molecular weight is 361 g/mol. The third kappa shape index (κ3) is 5.61. The minimum Gasteiger partial charge on any atom is -0.379 e. The van der Waals surface area contributed by atoms with Gasteiger partial charge in [-0.25, -0.2) is 4.79 Å². The Hall–Kier alpha value is -1.79. The second kappa shape index (κ2) is 9.78. The number of aryl methyl sites for hydroxylation is 1. The van der Waals surface area contributed by atoms with Crippen molar-refractivity contribution >= 4 is 17.4 Å². The summed E-state index contributed by atoms with van der Waals surface area (Å²) in [5, 5.41) is 5.78. The van der Waals surface area contributed by atoms with Crippen molar-refractivity contribution in [1.82, 2.24) is 5.32 Å². The van der Waals surface area contributed by atoms with Crippen LogP contribution in [0.4, 0.5) is 16.2 Å². The Morgan fingerprint density at radius 2 is 2.15 bits per heavy atom. The molecule has 6 nitrogen and oxygen atoms in total. The van der Waals surface area contributed by atoms with Gasteiger partial charge in [-0.1, -0.05) is 0 Å². The molecule has 2 fully saturated rings. The second-order valence-corrected chi connectivity index (χ2v) is 7.14. The van der Waals surface area contributed by atoms with Gasteiger partial charge < -0.3 is 25.0 Å². The van der Waals surface area contributed by atoms with Crippen LogP contribution >= 0.6 is 0 Å². The molecule has 0 unspecified atom stereocenters. The number of rotatable bonds is 8. The molecule has 26 heavy (non-hydrogen) atoms. The number of anilines is 2. The van der Waals surface area contributed by atoms with E-state index in [1.54, 1.807) is 0 Å². The van der Waals surface area contributed by atoms with Gasteiger partial charge in [0.15, 0.2) is 0 Å². The molecule has 2 aliphatic heterocycles. The molecule has 1 aromatic rings. The summed E-state index contributed by atoms with van der Waals surface area (Å²) < 4.78 is 11.1. The summed E-state index contributed by atoms with van der Waals surface area (Å²) in [5.41, 5.74) is 3.31. The van der Waals surface area contributed by atoms with Crippen LogP contribution in [0, 0.1) is 6.92 Å². The Morgan fingerprint density at radius 1 is 1.31 bits per heavy atom. The summed E-state index contributed by atoms with van der Waals surface area (Å²) in [6.07, 6.45) is 5.81. The van der Waals surface area contributed by atoms with Crippen LogP contribution in [-0.4, -0.2) is 51.6 Å². The van der Waals surface area contributed by atoms with Crippen molar-refractivity contribution in [3.05, 3.63) is 23.8 Å². The lowest BCUT2D eigenvalue weighted by Crippen LogP contribution is -2.30. The summed E-state index contributed by atoms with van der Waals surface area (Å²) >= 11 is 0. The molecule has 0 spiro atoms. The standard InChI is InChI=1S/C20H31N3O3/c1-16-14-17(7-8-19(16)23-10-2-3-11-23)22-20(24)21-9-5-12-25-15-18-6-4-13-26-18/h7-8,14,18H,2-6,9-13,15H2,1H3,(H2,21,22,24)/t18-/m1/s1. The molecule has 3 rings (SSSR count). The topological polar surface area (TPSA) is 62.8 Å². The summed E-state index contributed by atoms with van der Waals surface area (Å²) in [6.45, 7) is 7.11. The molecule has 2 N–H and O–H groups in total. The number of carbonyl (C=O) groups is 1. The number of amides is 2. The van der Waals surface area contributed by atoms with Crippen LogP contribution in [0.15, 0.2) is 18.2 Å². The zero-order valence-electron chi connectivity index (χ0n) is 15.8. The van der Waals surface area contributed by atoms with Crippen LogP contribution in [0.3, 0.4) is 0 Å². The molecule has 2 amide bonds. The van der Waals surface area contributed by atoms with E-state index in [0.717, 1.165) is 44.6 Å². The minimum absolute atomic E-state index is 0.169. The summed E-state index contributed by atoms with van der Waals surface area (Å²) in [5.74, 6) is 0. The number of hydrogen-bond acceptors (Lipinski definition) is 4. The van der Waals surface area contributed by atoms with Crippen LogP contribution in [0.2, 0.25) is 0 Å². The molecule has 0 saturated carbocycles. The van der Waals surface area contributed by atoms with E-state index in [1.807, 2.05) is 12.1 Å². The highest BCUT2D eigenvalue weighted by molar-refractivity contribution is 5.89. The lowest BCUT2D eigenvalue weighted by Gasteiger charge is -2.20. The van der Waals surface area contributed by atoms with Gasteiger partial charge in [-0.05, 0) is 62.8 Å². The summed E-state index contributed by atoms with van der Waals surface area (Å²) in [6, 6.07) is 5.95. The van der Waals surface area contributed by atoms with Gasteiger partial charge in [-0.2, -0.15) is 0 Å². The van der Waals surface area contributed by atoms with E-state index in [-0.39, 0.29) is 12.1 Å². The van der Waals surface area contributed by atoms with Gasteiger partial charge in [0, 0.05) is 44.2 Å². The van der Waals surface area contributed by atoms with Gasteiger partial charge in [0.05, 0.1) is 12.7 Å². The van der Waals surface area contributed by atoms with E-state index in [9.17, 15) is 4.79 Å². The number of nitrogens with zero attached hydrogens (tertiary/aromatic N) is 1. The monoisotopic (exact) mass is 361 g/mol. The lowest BCUT2D eigenvalue weighted by atomic mass is 10.1. The van der Waals surface area contributed by atoms with Crippen LogP contribution in [-0.2, 0) is 9.47 Å². The Bertz CT molecular complexity index is 582. The average Bonchev–Trinajstić information content (AvgIpc) is 3.32. The van der Waals surface area contributed by atoms with Gasteiger partial charge >= 0.3 is 6.03 Å². The molecule has 2 saturated heterocycles. The van der Waals surface area contributed by atoms with Crippen LogP contribution in [0.5, 0.6) is 0 Å². The second-order valence-electron chi connectivity index (χ2n) is 7.14. The molecule has 0 aromatic heterocycles. The fourth-order valence-corrected chi connectivity index (χ4v) is 3.59. The lowest BCUT2D eigenvalue weighted by molar-refractivity contribution is 0.0168. The largest absolute Gasteiger partial charge is 0.379 e. The first-order valence-corrected chi connectivity index (χ1v) is 9.82. The first-order valence-electron chi connectivity index (χ1n) is 9.82. The first kappa shape index (κ1) is 19.0. The maximum atomic E-state index is 12.0. The summed E-state index contributed by atoms with van der Waals surface area (Å²) in [7, 11) is 0. The van der Waals surface area contributed by atoms with E-state index < -0.39 is 0 Å². The number of ether oxygens (including phenoxy) is 2. The number of urea groups is 1. The SMILES string of the molecule is Cc1cc(NC(=O)NCCCOC[C@H]2CCCO2)ccc1N1CCCC1. The highest BCUT2D eigenvalue weighted by Gasteiger charge is 2.15. The molecule has 6 heteroatoms. The molecule has 1 atom stereocenters. The van der Waals surface area contributed by atoms with Crippen molar-refractivity contribution in [2.75, 3.05) is 49.7 Å². The zero-order chi connectivity index (χ0) is 18.2. The maximum absolute atomic E-state index is 12.0. The number of carbonyl (C=O) groups excluding carboxylic acids is 1. The highest BCUT2D eigenvalue weighted by atomic mass is 16.5. The first-order chi connectivity index (χ1) is 12.7.